The number of carbonyl (C=O) groups is 2. The smallest absolute Gasteiger partial charge is 0.282 e. The average molecular weight is 453 g/mol. The van der Waals surface area contributed by atoms with Crippen molar-refractivity contribution in [3.63, 3.8) is 0 Å². The molecule has 1 aliphatic heterocycles. The first kappa shape index (κ1) is 21.0. The molecule has 0 spiro atoms. The van der Waals surface area contributed by atoms with Gasteiger partial charge in [-0.1, -0.05) is 59.6 Å². The molecule has 156 valence electrons. The maximum absolute atomic E-state index is 13.5. The van der Waals surface area contributed by atoms with Crippen LogP contribution in [0.1, 0.15) is 11.1 Å². The van der Waals surface area contributed by atoms with E-state index in [0.29, 0.717) is 38.3 Å². The van der Waals surface area contributed by atoms with Gasteiger partial charge in [0.15, 0.2) is 0 Å². The molecule has 0 atom stereocenters. The number of methoxy groups -OCH3 is 1. The lowest BCUT2D eigenvalue weighted by Crippen LogP contribution is -2.33. The van der Waals surface area contributed by atoms with Crippen molar-refractivity contribution in [2.75, 3.05) is 17.3 Å². The van der Waals surface area contributed by atoms with Crippen LogP contribution in [0.25, 0.3) is 5.57 Å². The zero-order valence-corrected chi connectivity index (χ0v) is 18.3. The summed E-state index contributed by atoms with van der Waals surface area (Å²) in [5, 5.41) is 3.95. The lowest BCUT2D eigenvalue weighted by molar-refractivity contribution is -0.120. The maximum Gasteiger partial charge on any atom is 0.282 e. The highest BCUT2D eigenvalue weighted by molar-refractivity contribution is 6.46. The average Bonchev–Trinajstić information content (AvgIpc) is 3.00. The van der Waals surface area contributed by atoms with Gasteiger partial charge in [-0.15, -0.1) is 0 Å². The first-order valence-electron chi connectivity index (χ1n) is 9.46. The number of hydrogen-bond acceptors (Lipinski definition) is 4. The molecular weight excluding hydrogens is 435 g/mol. The second-order valence-corrected chi connectivity index (χ2v) is 7.73. The molecule has 0 saturated carbocycles. The highest BCUT2D eigenvalue weighted by atomic mass is 35.5. The molecule has 3 aromatic carbocycles. The van der Waals surface area contributed by atoms with Gasteiger partial charge in [0.2, 0.25) is 0 Å². The molecule has 0 unspecified atom stereocenters. The first-order valence-corrected chi connectivity index (χ1v) is 10.2. The molecule has 5 nitrogen and oxygen atoms in total. The first-order chi connectivity index (χ1) is 14.9. The third-order valence-corrected chi connectivity index (χ3v) is 5.75. The van der Waals surface area contributed by atoms with Crippen LogP contribution in [0.5, 0.6) is 5.75 Å². The molecule has 0 bridgehead atoms. The van der Waals surface area contributed by atoms with E-state index in [2.05, 4.69) is 5.32 Å². The van der Waals surface area contributed by atoms with E-state index in [0.717, 1.165) is 4.90 Å². The molecular formula is C24H18Cl2N2O3. The van der Waals surface area contributed by atoms with E-state index in [1.54, 1.807) is 55.5 Å². The van der Waals surface area contributed by atoms with Crippen molar-refractivity contribution in [1.82, 2.24) is 0 Å². The van der Waals surface area contributed by atoms with Crippen LogP contribution in [0.15, 0.2) is 72.4 Å². The second kappa shape index (κ2) is 8.46. The number of carbonyl (C=O) groups excluding carboxylic acids is 2. The fourth-order valence-electron chi connectivity index (χ4n) is 3.46. The molecule has 1 N–H and O–H groups in total. The number of imide groups is 1. The number of ether oxygens (including phenoxy) is 1. The quantitative estimate of drug-likeness (QED) is 0.503. The Bertz CT molecular complexity index is 1220. The highest BCUT2D eigenvalue weighted by Gasteiger charge is 2.41. The predicted molar refractivity (Wildman–Crippen MR) is 124 cm³/mol. The van der Waals surface area contributed by atoms with E-state index in [1.165, 1.54) is 7.11 Å². The zero-order chi connectivity index (χ0) is 22.1. The van der Waals surface area contributed by atoms with Crippen molar-refractivity contribution >= 4 is 52.0 Å². The number of anilines is 2. The summed E-state index contributed by atoms with van der Waals surface area (Å²) in [5.74, 6) is -0.390. The van der Waals surface area contributed by atoms with Crippen LogP contribution in [0.4, 0.5) is 11.4 Å². The van der Waals surface area contributed by atoms with E-state index in [4.69, 9.17) is 27.9 Å². The third kappa shape index (κ3) is 3.78. The molecule has 1 heterocycles. The van der Waals surface area contributed by atoms with Crippen LogP contribution in [0.2, 0.25) is 10.0 Å². The van der Waals surface area contributed by atoms with Gasteiger partial charge < -0.3 is 10.1 Å². The van der Waals surface area contributed by atoms with E-state index in [-0.39, 0.29) is 11.3 Å². The van der Waals surface area contributed by atoms with E-state index in [1.807, 2.05) is 18.2 Å². The molecule has 0 radical (unpaired) electrons. The molecule has 7 heteroatoms. The lowest BCUT2D eigenvalue weighted by Gasteiger charge is -2.18. The van der Waals surface area contributed by atoms with Crippen molar-refractivity contribution < 1.29 is 14.3 Å². The number of halogens is 2. The number of nitrogens with one attached hydrogen (secondary N) is 1. The van der Waals surface area contributed by atoms with Crippen molar-refractivity contribution in [1.29, 1.82) is 0 Å². The normalized spacial score (nSPS) is 13.7. The Kier molecular flexibility index (Phi) is 5.72. The Morgan fingerprint density at radius 2 is 1.61 bits per heavy atom. The van der Waals surface area contributed by atoms with Crippen LogP contribution in [-0.4, -0.2) is 18.9 Å². The Morgan fingerprint density at radius 3 is 2.29 bits per heavy atom. The molecule has 31 heavy (non-hydrogen) atoms. The second-order valence-electron chi connectivity index (χ2n) is 6.92. The minimum atomic E-state index is -0.471. The topological polar surface area (TPSA) is 58.6 Å². The SMILES string of the molecule is COc1ccc(NC2=C(c3ccccc3)C(=O)N(c3cccc(Cl)c3C)C2=O)cc1Cl. The van der Waals surface area contributed by atoms with Crippen LogP contribution < -0.4 is 15.0 Å². The fraction of sp³-hybridized carbons (Fsp3) is 0.0833. The number of benzene rings is 3. The molecule has 0 aliphatic carbocycles. The Morgan fingerprint density at radius 1 is 0.871 bits per heavy atom. The number of rotatable bonds is 5. The van der Waals surface area contributed by atoms with Crippen molar-refractivity contribution in [3.05, 3.63) is 93.6 Å². The predicted octanol–water partition coefficient (Wildman–Crippen LogP) is 5.71. The van der Waals surface area contributed by atoms with Crippen LogP contribution in [-0.2, 0) is 9.59 Å². The molecule has 0 fully saturated rings. The molecule has 0 saturated heterocycles. The van der Waals surface area contributed by atoms with E-state index < -0.39 is 11.8 Å². The largest absolute Gasteiger partial charge is 0.495 e. The standard InChI is InChI=1S/C24H18Cl2N2O3/c1-14-17(25)9-6-10-19(14)28-23(29)21(15-7-4-3-5-8-15)22(24(28)30)27-16-11-12-20(31-2)18(26)13-16/h3-13,27H,1-2H3. The molecule has 0 aromatic heterocycles. The summed E-state index contributed by atoms with van der Waals surface area (Å²) in [6.07, 6.45) is 0. The molecule has 2 amide bonds. The summed E-state index contributed by atoms with van der Waals surface area (Å²) in [6.45, 7) is 1.77. The maximum atomic E-state index is 13.5. The van der Waals surface area contributed by atoms with Gasteiger partial charge in [0, 0.05) is 10.7 Å². The summed E-state index contributed by atoms with van der Waals surface area (Å²) >= 11 is 12.5. The minimum Gasteiger partial charge on any atom is -0.495 e. The summed E-state index contributed by atoms with van der Waals surface area (Å²) < 4.78 is 5.18. The highest BCUT2D eigenvalue weighted by Crippen LogP contribution is 2.37. The van der Waals surface area contributed by atoms with Gasteiger partial charge in [0.05, 0.1) is 23.4 Å². The van der Waals surface area contributed by atoms with E-state index >= 15 is 0 Å². The third-order valence-electron chi connectivity index (χ3n) is 5.05. The fourth-order valence-corrected chi connectivity index (χ4v) is 3.89. The Hall–Kier alpha value is -3.28. The Balaban J connectivity index is 1.83. The van der Waals surface area contributed by atoms with Crippen molar-refractivity contribution in [3.8, 4) is 5.75 Å². The van der Waals surface area contributed by atoms with Gasteiger partial charge in [-0.2, -0.15) is 0 Å². The summed E-state index contributed by atoms with van der Waals surface area (Å²) in [7, 11) is 1.52. The zero-order valence-electron chi connectivity index (χ0n) is 16.8. The van der Waals surface area contributed by atoms with E-state index in [9.17, 15) is 9.59 Å². The van der Waals surface area contributed by atoms with Gasteiger partial charge in [-0.25, -0.2) is 4.90 Å². The number of amides is 2. The van der Waals surface area contributed by atoms with Crippen LogP contribution in [0.3, 0.4) is 0 Å². The van der Waals surface area contributed by atoms with Gasteiger partial charge >= 0.3 is 0 Å². The minimum absolute atomic E-state index is 0.164. The van der Waals surface area contributed by atoms with Crippen molar-refractivity contribution in [2.24, 2.45) is 0 Å². The van der Waals surface area contributed by atoms with Crippen LogP contribution >= 0.6 is 23.2 Å². The number of hydrogen-bond donors (Lipinski definition) is 1. The van der Waals surface area contributed by atoms with Gasteiger partial charge in [-0.3, -0.25) is 9.59 Å². The van der Waals surface area contributed by atoms with Gasteiger partial charge in [0.25, 0.3) is 11.8 Å². The van der Waals surface area contributed by atoms with Crippen LogP contribution in [0, 0.1) is 6.92 Å². The summed E-state index contributed by atoms with van der Waals surface area (Å²) in [5.41, 5.74) is 2.71. The lowest BCUT2D eigenvalue weighted by atomic mass is 10.0. The molecule has 4 rings (SSSR count). The van der Waals surface area contributed by atoms with Crippen molar-refractivity contribution in [2.45, 2.75) is 6.92 Å². The monoisotopic (exact) mass is 452 g/mol. The number of nitrogens with zero attached hydrogens (tertiary/aromatic N) is 1. The Labute approximate surface area is 189 Å². The molecule has 3 aromatic rings. The van der Waals surface area contributed by atoms with Gasteiger partial charge in [-0.05, 0) is 48.4 Å². The summed E-state index contributed by atoms with van der Waals surface area (Å²) in [4.78, 5) is 28.1. The van der Waals surface area contributed by atoms with Gasteiger partial charge in [0.1, 0.15) is 11.4 Å². The molecule has 1 aliphatic rings. The summed E-state index contributed by atoms with van der Waals surface area (Å²) in [6, 6.07) is 19.2.